The minimum atomic E-state index is -0.710. The van der Waals surface area contributed by atoms with E-state index in [1.807, 2.05) is 0 Å². The molecule has 0 unspecified atom stereocenters. The van der Waals surface area contributed by atoms with E-state index in [0.717, 1.165) is 24.3 Å². The third-order valence-electron chi connectivity index (χ3n) is 2.10. The summed E-state index contributed by atoms with van der Waals surface area (Å²) < 4.78 is 25.9. The lowest BCUT2D eigenvalue weighted by Gasteiger charge is -2.04. The fraction of sp³-hybridized carbons (Fsp3) is 0. The summed E-state index contributed by atoms with van der Waals surface area (Å²) in [5.74, 6) is -1.75. The van der Waals surface area contributed by atoms with Gasteiger partial charge in [0.25, 0.3) is 0 Å². The van der Waals surface area contributed by atoms with Crippen LogP contribution in [0.3, 0.4) is 0 Å². The highest BCUT2D eigenvalue weighted by atomic mass is 19.1. The summed E-state index contributed by atoms with van der Waals surface area (Å²) >= 11 is 0. The van der Waals surface area contributed by atoms with E-state index in [1.165, 1.54) is 12.1 Å². The van der Waals surface area contributed by atoms with Crippen LogP contribution in [0.2, 0.25) is 0 Å². The molecule has 2 aromatic rings. The summed E-state index contributed by atoms with van der Waals surface area (Å²) in [6.45, 7) is 0. The Morgan fingerprint density at radius 1 is 0.625 bits per heavy atom. The molecule has 0 spiro atoms. The first-order valence-corrected chi connectivity index (χ1v) is 4.54. The average Bonchev–Trinajstić information content (AvgIpc) is 2.14. The van der Waals surface area contributed by atoms with Gasteiger partial charge in [0.15, 0.2) is 0 Å². The molecular weight excluding hydrogens is 214 g/mol. The van der Waals surface area contributed by atoms with Crippen molar-refractivity contribution < 1.29 is 19.0 Å². The average molecular weight is 222 g/mol. The number of hydrogen-bond acceptors (Lipinski definition) is 2. The molecule has 0 bridgehead atoms. The van der Waals surface area contributed by atoms with Gasteiger partial charge in [-0.15, -0.1) is 0 Å². The van der Waals surface area contributed by atoms with Crippen molar-refractivity contribution in [1.82, 2.24) is 0 Å². The van der Waals surface area contributed by atoms with E-state index in [-0.39, 0.29) is 17.1 Å². The number of rotatable bonds is 1. The van der Waals surface area contributed by atoms with E-state index in [0.29, 0.717) is 5.56 Å². The normalized spacial score (nSPS) is 10.4. The van der Waals surface area contributed by atoms with Crippen LogP contribution in [0.4, 0.5) is 8.78 Å². The Hall–Kier alpha value is -2.10. The van der Waals surface area contributed by atoms with Crippen molar-refractivity contribution in [3.8, 4) is 22.6 Å². The fourth-order valence-electron chi connectivity index (χ4n) is 1.48. The lowest BCUT2D eigenvalue weighted by atomic mass is 10.0. The van der Waals surface area contributed by atoms with Crippen LogP contribution in [0, 0.1) is 11.6 Å². The molecule has 0 atom stereocenters. The fourth-order valence-corrected chi connectivity index (χ4v) is 1.48. The maximum Gasteiger partial charge on any atom is 0.126 e. The zero-order chi connectivity index (χ0) is 11.7. The summed E-state index contributed by atoms with van der Waals surface area (Å²) in [4.78, 5) is 0. The molecule has 2 N–H and O–H groups in total. The Morgan fingerprint density at radius 3 is 1.56 bits per heavy atom. The second-order valence-electron chi connectivity index (χ2n) is 3.40. The second kappa shape index (κ2) is 3.81. The van der Waals surface area contributed by atoms with E-state index in [1.54, 1.807) is 0 Å². The van der Waals surface area contributed by atoms with E-state index in [2.05, 4.69) is 0 Å². The monoisotopic (exact) mass is 222 g/mol. The van der Waals surface area contributed by atoms with E-state index in [4.69, 9.17) is 0 Å². The van der Waals surface area contributed by atoms with Crippen LogP contribution in [-0.4, -0.2) is 10.2 Å². The third-order valence-corrected chi connectivity index (χ3v) is 2.10. The van der Waals surface area contributed by atoms with Crippen molar-refractivity contribution >= 4 is 0 Å². The minimum absolute atomic E-state index is 0.167. The number of phenols is 2. The van der Waals surface area contributed by atoms with Gasteiger partial charge in [-0.3, -0.25) is 0 Å². The molecule has 4 heteroatoms. The Kier molecular flexibility index (Phi) is 2.48. The highest BCUT2D eigenvalue weighted by molar-refractivity contribution is 5.67. The lowest BCUT2D eigenvalue weighted by molar-refractivity contribution is 0.451. The van der Waals surface area contributed by atoms with Crippen molar-refractivity contribution in [2.24, 2.45) is 0 Å². The molecule has 0 saturated carbocycles. The van der Waals surface area contributed by atoms with Gasteiger partial charge >= 0.3 is 0 Å². The minimum Gasteiger partial charge on any atom is -0.508 e. The summed E-state index contributed by atoms with van der Waals surface area (Å²) in [6, 6.07) is 6.77. The maximum atomic E-state index is 12.9. The molecule has 0 saturated heterocycles. The third kappa shape index (κ3) is 2.11. The zero-order valence-corrected chi connectivity index (χ0v) is 8.11. The van der Waals surface area contributed by atoms with Crippen molar-refractivity contribution in [3.63, 3.8) is 0 Å². The van der Waals surface area contributed by atoms with Crippen molar-refractivity contribution in [2.75, 3.05) is 0 Å². The van der Waals surface area contributed by atoms with E-state index < -0.39 is 11.6 Å². The number of benzene rings is 2. The van der Waals surface area contributed by atoms with Crippen molar-refractivity contribution in [1.29, 1.82) is 0 Å². The van der Waals surface area contributed by atoms with Gasteiger partial charge in [-0.1, -0.05) is 0 Å². The largest absolute Gasteiger partial charge is 0.508 e. The SMILES string of the molecule is Oc1cc(O)cc(-c2cc(F)cc(F)c2)c1. The van der Waals surface area contributed by atoms with Crippen molar-refractivity contribution in [3.05, 3.63) is 48.0 Å². The molecule has 0 radical (unpaired) electrons. The van der Waals surface area contributed by atoms with Crippen LogP contribution >= 0.6 is 0 Å². The predicted octanol–water partition coefficient (Wildman–Crippen LogP) is 3.04. The van der Waals surface area contributed by atoms with Crippen molar-refractivity contribution in [2.45, 2.75) is 0 Å². The first-order valence-electron chi connectivity index (χ1n) is 4.54. The molecule has 2 rings (SSSR count). The summed E-state index contributed by atoms with van der Waals surface area (Å²) in [6.07, 6.45) is 0. The van der Waals surface area contributed by atoms with Crippen LogP contribution in [0.5, 0.6) is 11.5 Å². The smallest absolute Gasteiger partial charge is 0.126 e. The molecule has 16 heavy (non-hydrogen) atoms. The van der Waals surface area contributed by atoms with Gasteiger partial charge in [0.1, 0.15) is 23.1 Å². The first-order chi connectivity index (χ1) is 7.54. The summed E-state index contributed by atoms with van der Waals surface area (Å²) in [7, 11) is 0. The highest BCUT2D eigenvalue weighted by Gasteiger charge is 2.05. The molecule has 0 aliphatic rings. The Morgan fingerprint density at radius 2 is 1.06 bits per heavy atom. The molecule has 82 valence electrons. The molecular formula is C12H8F2O2. The van der Waals surface area contributed by atoms with Gasteiger partial charge < -0.3 is 10.2 Å². The zero-order valence-electron chi connectivity index (χ0n) is 8.11. The number of aromatic hydroxyl groups is 2. The Balaban J connectivity index is 2.57. The second-order valence-corrected chi connectivity index (χ2v) is 3.40. The van der Waals surface area contributed by atoms with Crippen LogP contribution in [0.25, 0.3) is 11.1 Å². The van der Waals surface area contributed by atoms with Crippen LogP contribution in [-0.2, 0) is 0 Å². The number of halogens is 2. The molecule has 0 amide bonds. The maximum absolute atomic E-state index is 12.9. The highest BCUT2D eigenvalue weighted by Crippen LogP contribution is 2.29. The molecule has 0 aliphatic heterocycles. The summed E-state index contributed by atoms with van der Waals surface area (Å²) in [5, 5.41) is 18.5. The quantitative estimate of drug-likeness (QED) is 0.778. The van der Waals surface area contributed by atoms with Gasteiger partial charge in [-0.25, -0.2) is 8.78 Å². The molecule has 2 aromatic carbocycles. The molecule has 0 aromatic heterocycles. The van der Waals surface area contributed by atoms with Gasteiger partial charge in [0.05, 0.1) is 0 Å². The molecule has 0 heterocycles. The first kappa shape index (κ1) is 10.4. The van der Waals surface area contributed by atoms with Crippen LogP contribution in [0.15, 0.2) is 36.4 Å². The number of phenolic OH excluding ortho intramolecular Hbond substituents is 2. The van der Waals surface area contributed by atoms with Crippen LogP contribution < -0.4 is 0 Å². The molecule has 0 aliphatic carbocycles. The van der Waals surface area contributed by atoms with Gasteiger partial charge in [-0.2, -0.15) is 0 Å². The topological polar surface area (TPSA) is 40.5 Å². The lowest BCUT2D eigenvalue weighted by Crippen LogP contribution is -1.84. The van der Waals surface area contributed by atoms with Gasteiger partial charge in [0.2, 0.25) is 0 Å². The van der Waals surface area contributed by atoms with E-state index in [9.17, 15) is 19.0 Å². The standard InChI is InChI=1S/C12H8F2O2/c13-9-1-7(2-10(14)5-9)8-3-11(15)6-12(16)4-8/h1-6,15-16H. The van der Waals surface area contributed by atoms with Gasteiger partial charge in [0, 0.05) is 12.1 Å². The molecule has 2 nitrogen and oxygen atoms in total. The van der Waals surface area contributed by atoms with E-state index >= 15 is 0 Å². The van der Waals surface area contributed by atoms with Crippen LogP contribution in [0.1, 0.15) is 0 Å². The summed E-state index contributed by atoms with van der Waals surface area (Å²) in [5.41, 5.74) is 0.597. The number of hydrogen-bond donors (Lipinski definition) is 2. The molecule has 0 fully saturated rings. The predicted molar refractivity (Wildman–Crippen MR) is 55.1 cm³/mol. The Bertz CT molecular complexity index is 449. The Labute approximate surface area is 90.4 Å². The van der Waals surface area contributed by atoms with Gasteiger partial charge in [-0.05, 0) is 35.4 Å².